The van der Waals surface area contributed by atoms with E-state index in [1.807, 2.05) is 0 Å². The molecule has 0 heterocycles. The Morgan fingerprint density at radius 2 is 2.06 bits per heavy atom. The van der Waals surface area contributed by atoms with Gasteiger partial charge in [-0.3, -0.25) is 4.79 Å². The van der Waals surface area contributed by atoms with Gasteiger partial charge in [-0.15, -0.1) is 0 Å². The molecule has 0 aromatic heterocycles. The Labute approximate surface area is 110 Å². The molecule has 18 heavy (non-hydrogen) atoms. The summed E-state index contributed by atoms with van der Waals surface area (Å²) in [6.45, 7) is 1.41. The van der Waals surface area contributed by atoms with Crippen LogP contribution in [0, 0.1) is 0 Å². The second-order valence-electron chi connectivity index (χ2n) is 5.58. The Morgan fingerprint density at radius 3 is 2.78 bits per heavy atom. The molecule has 0 unspecified atom stereocenters. The maximum absolute atomic E-state index is 11.7. The van der Waals surface area contributed by atoms with Crippen LogP contribution < -0.4 is 10.6 Å². The minimum absolute atomic E-state index is 0.166. The zero-order chi connectivity index (χ0) is 12.6. The van der Waals surface area contributed by atoms with E-state index < -0.39 is 0 Å². The normalized spacial score (nSPS) is 20.8. The fourth-order valence-electron chi connectivity index (χ4n) is 2.93. The van der Waals surface area contributed by atoms with Crippen molar-refractivity contribution in [2.45, 2.75) is 63.8 Å². The second-order valence-corrected chi connectivity index (χ2v) is 5.58. The Balaban J connectivity index is 1.51. The molecule has 3 heteroatoms. The van der Waals surface area contributed by atoms with E-state index in [4.69, 9.17) is 0 Å². The predicted octanol–water partition coefficient (Wildman–Crippen LogP) is 2.53. The second kappa shape index (κ2) is 7.57. The van der Waals surface area contributed by atoms with Crippen LogP contribution in [0.5, 0.6) is 0 Å². The minimum Gasteiger partial charge on any atom is -0.352 e. The molecule has 2 aliphatic rings. The van der Waals surface area contributed by atoms with E-state index in [-0.39, 0.29) is 5.91 Å². The van der Waals surface area contributed by atoms with Crippen LogP contribution >= 0.6 is 0 Å². The van der Waals surface area contributed by atoms with Crippen LogP contribution in [0.15, 0.2) is 11.6 Å². The average molecular weight is 250 g/mol. The van der Waals surface area contributed by atoms with Gasteiger partial charge >= 0.3 is 0 Å². The Morgan fingerprint density at radius 1 is 1.22 bits per heavy atom. The molecule has 1 fully saturated rings. The molecule has 102 valence electrons. The van der Waals surface area contributed by atoms with Gasteiger partial charge in [0.1, 0.15) is 0 Å². The fourth-order valence-corrected chi connectivity index (χ4v) is 2.93. The third-order valence-electron chi connectivity index (χ3n) is 4.01. The molecule has 0 aliphatic heterocycles. The van der Waals surface area contributed by atoms with Crippen LogP contribution in [-0.4, -0.2) is 25.0 Å². The first-order valence-electron chi connectivity index (χ1n) is 7.52. The van der Waals surface area contributed by atoms with Gasteiger partial charge in [0.05, 0.1) is 6.54 Å². The SMILES string of the molecule is O=C(CNCCC1=CCCCC1)NC1CCCC1. The van der Waals surface area contributed by atoms with Crippen molar-refractivity contribution in [3.05, 3.63) is 11.6 Å². The molecule has 0 spiro atoms. The van der Waals surface area contributed by atoms with Gasteiger partial charge < -0.3 is 10.6 Å². The lowest BCUT2D eigenvalue weighted by molar-refractivity contribution is -0.120. The summed E-state index contributed by atoms with van der Waals surface area (Å²) in [4.78, 5) is 11.7. The van der Waals surface area contributed by atoms with E-state index in [0.717, 1.165) is 13.0 Å². The summed E-state index contributed by atoms with van der Waals surface area (Å²) in [6, 6.07) is 0.445. The van der Waals surface area contributed by atoms with Crippen molar-refractivity contribution in [2.24, 2.45) is 0 Å². The van der Waals surface area contributed by atoms with Gasteiger partial charge in [-0.2, -0.15) is 0 Å². The Kier molecular flexibility index (Phi) is 5.72. The number of hydrogen-bond donors (Lipinski definition) is 2. The smallest absolute Gasteiger partial charge is 0.234 e. The summed E-state index contributed by atoms with van der Waals surface area (Å²) in [5.41, 5.74) is 1.57. The number of rotatable bonds is 6. The molecule has 2 aliphatic carbocycles. The van der Waals surface area contributed by atoms with Gasteiger partial charge in [-0.25, -0.2) is 0 Å². The third kappa shape index (κ3) is 4.81. The van der Waals surface area contributed by atoms with Crippen LogP contribution in [0.25, 0.3) is 0 Å². The summed E-state index contributed by atoms with van der Waals surface area (Å²) in [6.07, 6.45) is 13.6. The lowest BCUT2D eigenvalue weighted by atomic mass is 9.97. The summed E-state index contributed by atoms with van der Waals surface area (Å²) in [5, 5.41) is 6.35. The molecule has 1 amide bonds. The van der Waals surface area contributed by atoms with E-state index in [2.05, 4.69) is 16.7 Å². The molecule has 1 saturated carbocycles. The molecule has 2 rings (SSSR count). The summed E-state index contributed by atoms with van der Waals surface area (Å²) in [5.74, 6) is 0.166. The Hall–Kier alpha value is -0.830. The first kappa shape index (κ1) is 13.6. The van der Waals surface area contributed by atoms with Crippen LogP contribution in [0.4, 0.5) is 0 Å². The molecule has 0 aromatic rings. The molecular weight excluding hydrogens is 224 g/mol. The van der Waals surface area contributed by atoms with Crippen LogP contribution in [0.1, 0.15) is 57.8 Å². The average Bonchev–Trinajstić information content (AvgIpc) is 2.89. The van der Waals surface area contributed by atoms with Crippen molar-refractivity contribution >= 4 is 5.91 Å². The number of hydrogen-bond acceptors (Lipinski definition) is 2. The number of nitrogens with one attached hydrogen (secondary N) is 2. The maximum Gasteiger partial charge on any atom is 0.234 e. The van der Waals surface area contributed by atoms with E-state index in [0.29, 0.717) is 12.6 Å². The predicted molar refractivity (Wildman–Crippen MR) is 74.4 cm³/mol. The first-order valence-corrected chi connectivity index (χ1v) is 7.52. The lowest BCUT2D eigenvalue weighted by Gasteiger charge is -2.14. The molecule has 0 saturated heterocycles. The topological polar surface area (TPSA) is 41.1 Å². The van der Waals surface area contributed by atoms with Crippen molar-refractivity contribution in [1.82, 2.24) is 10.6 Å². The van der Waals surface area contributed by atoms with Crippen molar-refractivity contribution in [3.63, 3.8) is 0 Å². The fraction of sp³-hybridized carbons (Fsp3) is 0.800. The molecule has 0 radical (unpaired) electrons. The molecule has 0 aromatic carbocycles. The first-order chi connectivity index (χ1) is 8.84. The highest BCUT2D eigenvalue weighted by atomic mass is 16.1. The van der Waals surface area contributed by atoms with Crippen LogP contribution in [0.2, 0.25) is 0 Å². The Bertz CT molecular complexity index is 293. The highest BCUT2D eigenvalue weighted by Crippen LogP contribution is 2.19. The summed E-state index contributed by atoms with van der Waals surface area (Å²) < 4.78 is 0. The van der Waals surface area contributed by atoms with Gasteiger partial charge in [0.25, 0.3) is 0 Å². The van der Waals surface area contributed by atoms with Crippen molar-refractivity contribution in [2.75, 3.05) is 13.1 Å². The van der Waals surface area contributed by atoms with Crippen LogP contribution in [0.3, 0.4) is 0 Å². The molecular formula is C15H26N2O. The molecule has 3 nitrogen and oxygen atoms in total. The zero-order valence-corrected chi connectivity index (χ0v) is 11.3. The zero-order valence-electron chi connectivity index (χ0n) is 11.3. The number of carbonyl (C=O) groups excluding carboxylic acids is 1. The summed E-state index contributed by atoms with van der Waals surface area (Å²) >= 11 is 0. The van der Waals surface area contributed by atoms with Gasteiger partial charge in [0.2, 0.25) is 5.91 Å². The van der Waals surface area contributed by atoms with Crippen LogP contribution in [-0.2, 0) is 4.79 Å². The van der Waals surface area contributed by atoms with E-state index in [1.54, 1.807) is 5.57 Å². The highest BCUT2D eigenvalue weighted by Gasteiger charge is 2.16. The quantitative estimate of drug-likeness (QED) is 0.562. The van der Waals surface area contributed by atoms with E-state index in [1.165, 1.54) is 51.4 Å². The molecule has 0 atom stereocenters. The highest BCUT2D eigenvalue weighted by molar-refractivity contribution is 5.78. The maximum atomic E-state index is 11.7. The van der Waals surface area contributed by atoms with E-state index >= 15 is 0 Å². The van der Waals surface area contributed by atoms with Gasteiger partial charge in [-0.05, 0) is 51.5 Å². The van der Waals surface area contributed by atoms with Crippen molar-refractivity contribution in [1.29, 1.82) is 0 Å². The monoisotopic (exact) mass is 250 g/mol. The van der Waals surface area contributed by atoms with Crippen molar-refractivity contribution in [3.8, 4) is 0 Å². The van der Waals surface area contributed by atoms with Gasteiger partial charge in [-0.1, -0.05) is 24.5 Å². The molecule has 0 bridgehead atoms. The number of amides is 1. The lowest BCUT2D eigenvalue weighted by Crippen LogP contribution is -2.39. The number of carbonyl (C=O) groups is 1. The van der Waals surface area contributed by atoms with Crippen molar-refractivity contribution < 1.29 is 4.79 Å². The van der Waals surface area contributed by atoms with Gasteiger partial charge in [0, 0.05) is 6.04 Å². The third-order valence-corrected chi connectivity index (χ3v) is 4.01. The largest absolute Gasteiger partial charge is 0.352 e. The van der Waals surface area contributed by atoms with E-state index in [9.17, 15) is 4.79 Å². The number of allylic oxidation sites excluding steroid dienone is 1. The molecule has 2 N–H and O–H groups in total. The van der Waals surface area contributed by atoms with Gasteiger partial charge in [0.15, 0.2) is 0 Å². The minimum atomic E-state index is 0.166. The standard InChI is InChI=1S/C15H26N2O/c18-15(17-14-8-4-5-9-14)12-16-11-10-13-6-2-1-3-7-13/h6,14,16H,1-5,7-12H2,(H,17,18). The summed E-state index contributed by atoms with van der Waals surface area (Å²) in [7, 11) is 0.